The van der Waals surface area contributed by atoms with Crippen LogP contribution in [0, 0.1) is 6.92 Å². The molecule has 0 unspecified atom stereocenters. The van der Waals surface area contributed by atoms with Crippen molar-refractivity contribution in [3.63, 3.8) is 0 Å². The van der Waals surface area contributed by atoms with Gasteiger partial charge in [0.25, 0.3) is 5.91 Å². The third kappa shape index (κ3) is 5.96. The van der Waals surface area contributed by atoms with Gasteiger partial charge in [-0.3, -0.25) is 4.79 Å². The molecule has 7 heteroatoms. The minimum Gasteiger partial charge on any atom is -0.496 e. The number of benzene rings is 4. The third-order valence-corrected chi connectivity index (χ3v) is 5.81. The second-order valence-electron chi connectivity index (χ2n) is 8.14. The van der Waals surface area contributed by atoms with Crippen LogP contribution >= 0.6 is 11.6 Å². The van der Waals surface area contributed by atoms with Crippen LogP contribution in [0.15, 0.2) is 77.9 Å². The van der Waals surface area contributed by atoms with E-state index in [1.165, 1.54) is 18.9 Å². The van der Waals surface area contributed by atoms with Crippen molar-refractivity contribution in [3.8, 4) is 17.2 Å². The molecule has 0 aliphatic heterocycles. The van der Waals surface area contributed by atoms with Crippen LogP contribution in [0.2, 0.25) is 5.02 Å². The molecule has 0 aromatic heterocycles. The molecule has 0 heterocycles. The van der Waals surface area contributed by atoms with E-state index >= 15 is 0 Å². The molecule has 0 bridgehead atoms. The number of amides is 1. The molecular formula is C29H27ClN2O4. The van der Waals surface area contributed by atoms with Crippen LogP contribution < -0.4 is 19.6 Å². The van der Waals surface area contributed by atoms with Gasteiger partial charge in [0.1, 0.15) is 12.4 Å². The fourth-order valence-electron chi connectivity index (χ4n) is 3.70. The summed E-state index contributed by atoms with van der Waals surface area (Å²) in [6.45, 7) is 4.72. The summed E-state index contributed by atoms with van der Waals surface area (Å²) in [6.07, 6.45) is 1.50. The lowest BCUT2D eigenvalue weighted by Gasteiger charge is -2.14. The number of hydrogen-bond acceptors (Lipinski definition) is 5. The Morgan fingerprint density at radius 1 is 0.972 bits per heavy atom. The Bertz CT molecular complexity index is 1400. The van der Waals surface area contributed by atoms with Gasteiger partial charge in [-0.25, -0.2) is 5.43 Å². The van der Waals surface area contributed by atoms with Crippen LogP contribution in [0.5, 0.6) is 17.2 Å². The van der Waals surface area contributed by atoms with Crippen LogP contribution in [-0.2, 0) is 6.61 Å². The second kappa shape index (κ2) is 11.6. The number of carbonyl (C=O) groups excluding carboxylic acids is 1. The van der Waals surface area contributed by atoms with E-state index in [0.717, 1.165) is 16.3 Å². The van der Waals surface area contributed by atoms with Crippen molar-refractivity contribution >= 4 is 34.5 Å². The first-order valence-corrected chi connectivity index (χ1v) is 11.9. The Kier molecular flexibility index (Phi) is 8.08. The van der Waals surface area contributed by atoms with E-state index in [4.69, 9.17) is 25.8 Å². The molecule has 0 aliphatic rings. The first-order valence-electron chi connectivity index (χ1n) is 11.5. The number of carbonyl (C=O) groups is 1. The van der Waals surface area contributed by atoms with Crippen molar-refractivity contribution in [1.82, 2.24) is 5.43 Å². The smallest absolute Gasteiger partial charge is 0.275 e. The molecule has 0 radical (unpaired) electrons. The molecule has 4 aromatic carbocycles. The van der Waals surface area contributed by atoms with Crippen molar-refractivity contribution < 1.29 is 19.0 Å². The molecule has 4 aromatic rings. The lowest BCUT2D eigenvalue weighted by Crippen LogP contribution is -2.18. The summed E-state index contributed by atoms with van der Waals surface area (Å²) in [6, 6.07) is 22.9. The molecular weight excluding hydrogens is 476 g/mol. The van der Waals surface area contributed by atoms with E-state index in [2.05, 4.69) is 10.5 Å². The van der Waals surface area contributed by atoms with E-state index in [9.17, 15) is 4.79 Å². The molecule has 0 atom stereocenters. The van der Waals surface area contributed by atoms with Gasteiger partial charge in [-0.05, 0) is 60.0 Å². The van der Waals surface area contributed by atoms with Gasteiger partial charge < -0.3 is 14.2 Å². The standard InChI is InChI=1S/C29H27ClN2O4/c1-4-35-27-14-21(13-25(30)28(27)36-18-20-11-9-19(2)10-12-20)17-31-32-29(33)24-15-22-7-5-6-8-23(22)16-26(24)34-3/h5-17H,4,18H2,1-3H3,(H,32,33)/b31-17-. The Hall–Kier alpha value is -4.03. The number of ether oxygens (including phenoxy) is 3. The quantitative estimate of drug-likeness (QED) is 0.208. The number of hydrazone groups is 1. The first kappa shape index (κ1) is 25.1. The fourth-order valence-corrected chi connectivity index (χ4v) is 3.97. The van der Waals surface area contributed by atoms with Gasteiger partial charge in [0.15, 0.2) is 11.5 Å². The van der Waals surface area contributed by atoms with Crippen molar-refractivity contribution in [2.45, 2.75) is 20.5 Å². The van der Waals surface area contributed by atoms with Crippen molar-refractivity contribution in [2.24, 2.45) is 5.10 Å². The molecule has 4 rings (SSSR count). The summed E-state index contributed by atoms with van der Waals surface area (Å²) < 4.78 is 17.1. The lowest BCUT2D eigenvalue weighted by molar-refractivity contribution is 0.0952. The van der Waals surface area contributed by atoms with Crippen molar-refractivity contribution in [3.05, 3.63) is 100 Å². The van der Waals surface area contributed by atoms with Crippen LogP contribution in [0.4, 0.5) is 0 Å². The Morgan fingerprint density at radius 3 is 2.39 bits per heavy atom. The van der Waals surface area contributed by atoms with Gasteiger partial charge in [-0.2, -0.15) is 5.10 Å². The van der Waals surface area contributed by atoms with E-state index in [1.54, 1.807) is 18.2 Å². The molecule has 1 N–H and O–H groups in total. The Balaban J connectivity index is 1.50. The van der Waals surface area contributed by atoms with Crippen LogP contribution in [0.1, 0.15) is 34.0 Å². The van der Waals surface area contributed by atoms with E-state index < -0.39 is 0 Å². The summed E-state index contributed by atoms with van der Waals surface area (Å²) in [5.41, 5.74) is 5.81. The SMILES string of the molecule is CCOc1cc(/C=N\NC(=O)c2cc3ccccc3cc2OC)cc(Cl)c1OCc1ccc(C)cc1. The maximum absolute atomic E-state index is 12.8. The first-order chi connectivity index (χ1) is 17.5. The van der Waals surface area contributed by atoms with Crippen LogP contribution in [-0.4, -0.2) is 25.8 Å². The average Bonchev–Trinajstić information content (AvgIpc) is 2.88. The number of nitrogens with zero attached hydrogens (tertiary/aromatic N) is 1. The highest BCUT2D eigenvalue weighted by Gasteiger charge is 2.15. The average molecular weight is 503 g/mol. The monoisotopic (exact) mass is 502 g/mol. The molecule has 0 saturated carbocycles. The molecule has 36 heavy (non-hydrogen) atoms. The summed E-state index contributed by atoms with van der Waals surface area (Å²) in [5, 5.41) is 6.41. The number of fused-ring (bicyclic) bond motifs is 1. The lowest BCUT2D eigenvalue weighted by atomic mass is 10.1. The topological polar surface area (TPSA) is 69.2 Å². The van der Waals surface area contributed by atoms with Crippen molar-refractivity contribution in [1.29, 1.82) is 0 Å². The summed E-state index contributed by atoms with van der Waals surface area (Å²) in [5.74, 6) is 1.04. The molecule has 0 aliphatic carbocycles. The van der Waals surface area contributed by atoms with E-state index in [1.807, 2.05) is 68.4 Å². The predicted molar refractivity (Wildman–Crippen MR) is 144 cm³/mol. The highest BCUT2D eigenvalue weighted by atomic mass is 35.5. The zero-order chi connectivity index (χ0) is 25.5. The largest absolute Gasteiger partial charge is 0.496 e. The summed E-state index contributed by atoms with van der Waals surface area (Å²) >= 11 is 6.52. The fraction of sp³-hybridized carbons (Fsp3) is 0.172. The zero-order valence-corrected chi connectivity index (χ0v) is 21.1. The number of nitrogens with one attached hydrogen (secondary N) is 1. The second-order valence-corrected chi connectivity index (χ2v) is 8.54. The third-order valence-electron chi connectivity index (χ3n) is 5.53. The normalized spacial score (nSPS) is 11.0. The number of methoxy groups -OCH3 is 1. The summed E-state index contributed by atoms with van der Waals surface area (Å²) in [7, 11) is 1.53. The van der Waals surface area contributed by atoms with Crippen LogP contribution in [0.25, 0.3) is 10.8 Å². The minimum atomic E-state index is -0.386. The summed E-state index contributed by atoms with van der Waals surface area (Å²) in [4.78, 5) is 12.8. The number of halogens is 1. The minimum absolute atomic E-state index is 0.358. The highest BCUT2D eigenvalue weighted by molar-refractivity contribution is 6.32. The van der Waals surface area contributed by atoms with Gasteiger partial charge in [0.2, 0.25) is 0 Å². The Labute approximate surface area is 215 Å². The molecule has 1 amide bonds. The van der Waals surface area contributed by atoms with Crippen molar-refractivity contribution in [2.75, 3.05) is 13.7 Å². The molecule has 184 valence electrons. The number of hydrogen-bond donors (Lipinski definition) is 1. The maximum atomic E-state index is 12.8. The molecule has 0 saturated heterocycles. The molecule has 0 fully saturated rings. The zero-order valence-electron chi connectivity index (χ0n) is 20.4. The van der Waals surface area contributed by atoms with Gasteiger partial charge >= 0.3 is 0 Å². The maximum Gasteiger partial charge on any atom is 0.275 e. The van der Waals surface area contributed by atoms with E-state index in [0.29, 0.717) is 46.6 Å². The van der Waals surface area contributed by atoms with Gasteiger partial charge in [0.05, 0.1) is 30.5 Å². The van der Waals surface area contributed by atoms with Gasteiger partial charge in [-0.15, -0.1) is 0 Å². The number of rotatable bonds is 9. The van der Waals surface area contributed by atoms with Gasteiger partial charge in [0, 0.05) is 0 Å². The van der Waals surface area contributed by atoms with Crippen LogP contribution in [0.3, 0.4) is 0 Å². The highest BCUT2D eigenvalue weighted by Crippen LogP contribution is 2.37. The molecule has 6 nitrogen and oxygen atoms in total. The predicted octanol–water partition coefficient (Wildman–Crippen LogP) is 6.55. The Morgan fingerprint density at radius 2 is 1.69 bits per heavy atom. The number of aryl methyl sites for hydroxylation is 1. The molecule has 0 spiro atoms. The van der Waals surface area contributed by atoms with E-state index in [-0.39, 0.29) is 5.91 Å². The van der Waals surface area contributed by atoms with Gasteiger partial charge in [-0.1, -0.05) is 65.7 Å².